The summed E-state index contributed by atoms with van der Waals surface area (Å²) in [6.07, 6.45) is 6.52. The summed E-state index contributed by atoms with van der Waals surface area (Å²) < 4.78 is 26.5. The fourth-order valence-electron chi connectivity index (χ4n) is 4.17. The van der Waals surface area contributed by atoms with Crippen LogP contribution in [0.3, 0.4) is 0 Å². The molecule has 1 amide bonds. The van der Waals surface area contributed by atoms with Crippen molar-refractivity contribution in [3.05, 3.63) is 48.3 Å². The Bertz CT molecular complexity index is 833. The Balaban J connectivity index is 1.23. The summed E-state index contributed by atoms with van der Waals surface area (Å²) in [4.78, 5) is 21.3. The molecule has 2 aliphatic heterocycles. The van der Waals surface area contributed by atoms with Crippen LogP contribution < -0.4 is 4.74 Å². The van der Waals surface area contributed by atoms with Gasteiger partial charge in [0.2, 0.25) is 5.91 Å². The van der Waals surface area contributed by atoms with Gasteiger partial charge in [0.1, 0.15) is 36.7 Å². The van der Waals surface area contributed by atoms with Gasteiger partial charge in [-0.15, -0.1) is 0 Å². The van der Waals surface area contributed by atoms with Gasteiger partial charge in [-0.05, 0) is 37.1 Å². The summed E-state index contributed by atoms with van der Waals surface area (Å²) >= 11 is 0. The number of aromatic nitrogens is 2. The molecule has 0 saturated carbocycles. The van der Waals surface area contributed by atoms with Crippen LogP contribution >= 0.6 is 0 Å². The van der Waals surface area contributed by atoms with Crippen molar-refractivity contribution in [2.24, 2.45) is 7.05 Å². The second kappa shape index (κ2) is 9.57. The number of carbonyl (C=O) groups is 1. The third kappa shape index (κ3) is 5.17. The molecule has 162 valence electrons. The van der Waals surface area contributed by atoms with Crippen LogP contribution in [0.25, 0.3) is 0 Å². The summed E-state index contributed by atoms with van der Waals surface area (Å²) in [5, 5.41) is 0. The van der Waals surface area contributed by atoms with Gasteiger partial charge >= 0.3 is 0 Å². The Hall–Kier alpha value is -2.45. The van der Waals surface area contributed by atoms with Crippen molar-refractivity contribution < 1.29 is 18.7 Å². The topological polar surface area (TPSA) is 59.8 Å². The summed E-state index contributed by atoms with van der Waals surface area (Å²) in [5.74, 6) is 1.47. The maximum absolute atomic E-state index is 13.0. The van der Waals surface area contributed by atoms with Gasteiger partial charge < -0.3 is 23.8 Å². The van der Waals surface area contributed by atoms with Crippen LogP contribution in [0, 0.1) is 5.82 Å². The lowest BCUT2D eigenvalue weighted by atomic mass is 10.0. The Labute approximate surface area is 176 Å². The number of piperidine rings is 1. The van der Waals surface area contributed by atoms with E-state index in [9.17, 15) is 9.18 Å². The predicted molar refractivity (Wildman–Crippen MR) is 110 cm³/mol. The van der Waals surface area contributed by atoms with Crippen molar-refractivity contribution in [1.82, 2.24) is 19.4 Å². The van der Waals surface area contributed by atoms with Gasteiger partial charge in [-0.3, -0.25) is 4.79 Å². The Kier molecular flexibility index (Phi) is 6.64. The molecule has 1 aromatic heterocycles. The quantitative estimate of drug-likeness (QED) is 0.690. The van der Waals surface area contributed by atoms with Crippen molar-refractivity contribution in [1.29, 1.82) is 0 Å². The standard InChI is InChI=1S/C22H29FN4O3/c1-25-13-9-24-21(25)8-12-26-10-6-18(7-11-26)27-14-20(30-16-22(27)28)15-29-19-4-2-17(23)3-5-19/h2-5,9,13,18,20H,6-8,10-12,14-16H2,1H3/t20-/m1/s1. The van der Waals surface area contributed by atoms with Crippen molar-refractivity contribution in [3.63, 3.8) is 0 Å². The first-order valence-corrected chi connectivity index (χ1v) is 10.6. The third-order valence-corrected chi connectivity index (χ3v) is 5.98. The van der Waals surface area contributed by atoms with Crippen LogP contribution in [0.4, 0.5) is 4.39 Å². The molecule has 1 atom stereocenters. The smallest absolute Gasteiger partial charge is 0.248 e. The minimum absolute atomic E-state index is 0.0551. The van der Waals surface area contributed by atoms with E-state index < -0.39 is 0 Å². The van der Waals surface area contributed by atoms with Crippen molar-refractivity contribution in [2.45, 2.75) is 31.4 Å². The van der Waals surface area contributed by atoms with E-state index >= 15 is 0 Å². The summed E-state index contributed by atoms with van der Waals surface area (Å²) in [7, 11) is 2.02. The number of hydrogen-bond donors (Lipinski definition) is 0. The predicted octanol–water partition coefficient (Wildman–Crippen LogP) is 1.87. The number of ether oxygens (including phenoxy) is 2. The Morgan fingerprint density at radius 2 is 2.00 bits per heavy atom. The number of carbonyl (C=O) groups excluding carboxylic acids is 1. The highest BCUT2D eigenvalue weighted by Gasteiger charge is 2.33. The average Bonchev–Trinajstić information content (AvgIpc) is 3.18. The number of aryl methyl sites for hydroxylation is 1. The molecule has 0 radical (unpaired) electrons. The molecule has 0 unspecified atom stereocenters. The van der Waals surface area contributed by atoms with E-state index in [4.69, 9.17) is 9.47 Å². The van der Waals surface area contributed by atoms with E-state index in [-0.39, 0.29) is 30.5 Å². The van der Waals surface area contributed by atoms with E-state index in [0.717, 1.165) is 44.7 Å². The fourth-order valence-corrected chi connectivity index (χ4v) is 4.17. The van der Waals surface area contributed by atoms with E-state index in [1.54, 1.807) is 12.1 Å². The van der Waals surface area contributed by atoms with Gasteiger partial charge in [0, 0.05) is 51.5 Å². The van der Waals surface area contributed by atoms with Gasteiger partial charge in [0.25, 0.3) is 0 Å². The number of amides is 1. The molecule has 0 N–H and O–H groups in total. The Morgan fingerprint density at radius 3 is 2.70 bits per heavy atom. The largest absolute Gasteiger partial charge is 0.491 e. The minimum Gasteiger partial charge on any atom is -0.491 e. The first kappa shape index (κ1) is 20.8. The number of morpholine rings is 1. The number of halogens is 1. The van der Waals surface area contributed by atoms with Crippen molar-refractivity contribution >= 4 is 5.91 Å². The second-order valence-electron chi connectivity index (χ2n) is 8.02. The van der Waals surface area contributed by atoms with Crippen LogP contribution in [0.2, 0.25) is 0 Å². The lowest BCUT2D eigenvalue weighted by Crippen LogP contribution is -2.55. The first-order valence-electron chi connectivity index (χ1n) is 10.6. The molecule has 7 nitrogen and oxygen atoms in total. The molecule has 0 aliphatic carbocycles. The highest BCUT2D eigenvalue weighted by Crippen LogP contribution is 2.21. The monoisotopic (exact) mass is 416 g/mol. The molecule has 2 aromatic rings. The summed E-state index contributed by atoms with van der Waals surface area (Å²) in [6.45, 7) is 3.93. The maximum atomic E-state index is 13.0. The summed E-state index contributed by atoms with van der Waals surface area (Å²) in [5.41, 5.74) is 0. The zero-order valence-electron chi connectivity index (χ0n) is 17.4. The molecule has 3 heterocycles. The number of imidazole rings is 1. The van der Waals surface area contributed by atoms with Gasteiger partial charge in [-0.2, -0.15) is 0 Å². The number of rotatable bonds is 7. The fraction of sp³-hybridized carbons (Fsp3) is 0.545. The van der Waals surface area contributed by atoms with Gasteiger partial charge in [0.05, 0.1) is 6.54 Å². The van der Waals surface area contributed by atoms with E-state index in [1.807, 2.05) is 24.3 Å². The van der Waals surface area contributed by atoms with Gasteiger partial charge in [-0.1, -0.05) is 0 Å². The van der Waals surface area contributed by atoms with E-state index in [2.05, 4.69) is 14.5 Å². The molecule has 2 fully saturated rings. The first-order chi connectivity index (χ1) is 14.6. The van der Waals surface area contributed by atoms with Crippen LogP contribution in [0.1, 0.15) is 18.7 Å². The molecule has 4 rings (SSSR count). The Morgan fingerprint density at radius 1 is 1.23 bits per heavy atom. The molecule has 1 aromatic carbocycles. The molecule has 2 aliphatic rings. The molecule has 0 bridgehead atoms. The number of likely N-dealkylation sites (tertiary alicyclic amines) is 1. The number of nitrogens with zero attached hydrogens (tertiary/aromatic N) is 4. The number of benzene rings is 1. The summed E-state index contributed by atoms with van der Waals surface area (Å²) in [6, 6.07) is 6.19. The highest BCUT2D eigenvalue weighted by molar-refractivity contribution is 5.78. The molecule has 8 heteroatoms. The van der Waals surface area contributed by atoms with E-state index in [0.29, 0.717) is 18.9 Å². The zero-order chi connectivity index (χ0) is 20.9. The molecule has 30 heavy (non-hydrogen) atoms. The lowest BCUT2D eigenvalue weighted by Gasteiger charge is -2.42. The van der Waals surface area contributed by atoms with Gasteiger partial charge in [0.15, 0.2) is 0 Å². The van der Waals surface area contributed by atoms with E-state index in [1.165, 1.54) is 12.1 Å². The second-order valence-corrected chi connectivity index (χ2v) is 8.02. The van der Waals surface area contributed by atoms with Gasteiger partial charge in [-0.25, -0.2) is 9.37 Å². The van der Waals surface area contributed by atoms with Crippen LogP contribution in [0.15, 0.2) is 36.7 Å². The van der Waals surface area contributed by atoms with Crippen molar-refractivity contribution in [2.75, 3.05) is 39.4 Å². The van der Waals surface area contributed by atoms with Crippen LogP contribution in [0.5, 0.6) is 5.75 Å². The van der Waals surface area contributed by atoms with Crippen LogP contribution in [-0.2, 0) is 23.0 Å². The van der Waals surface area contributed by atoms with Crippen LogP contribution in [-0.4, -0.2) is 76.8 Å². The normalized spacial score (nSPS) is 21.2. The molecule has 0 spiro atoms. The average molecular weight is 416 g/mol. The molecular weight excluding hydrogens is 387 g/mol. The number of hydrogen-bond acceptors (Lipinski definition) is 5. The molecule has 2 saturated heterocycles. The zero-order valence-corrected chi connectivity index (χ0v) is 17.4. The SMILES string of the molecule is Cn1ccnc1CCN1CCC(N2C[C@H](COc3ccc(F)cc3)OCC2=O)CC1. The highest BCUT2D eigenvalue weighted by atomic mass is 19.1. The molecular formula is C22H29FN4O3. The lowest BCUT2D eigenvalue weighted by molar-refractivity contribution is -0.155. The third-order valence-electron chi connectivity index (χ3n) is 5.98. The van der Waals surface area contributed by atoms with Crippen molar-refractivity contribution in [3.8, 4) is 5.75 Å². The maximum Gasteiger partial charge on any atom is 0.248 e. The minimum atomic E-state index is -0.292.